The molecule has 190 valence electrons. The molecule has 4 aromatic rings. The molecule has 2 aromatic heterocycles. The van der Waals surface area contributed by atoms with E-state index >= 15 is 0 Å². The molecule has 1 atom stereocenters. The zero-order valence-electron chi connectivity index (χ0n) is 20.9. The smallest absolute Gasteiger partial charge is 0.363 e. The summed E-state index contributed by atoms with van der Waals surface area (Å²) >= 11 is 0. The van der Waals surface area contributed by atoms with Gasteiger partial charge in [-0.15, -0.1) is 0 Å². The molecule has 2 N–H and O–H groups in total. The van der Waals surface area contributed by atoms with Crippen molar-refractivity contribution in [3.8, 4) is 0 Å². The number of hydrogen-bond donors (Lipinski definition) is 2. The van der Waals surface area contributed by atoms with E-state index in [1.807, 2.05) is 12.3 Å². The van der Waals surface area contributed by atoms with Crippen molar-refractivity contribution >= 4 is 40.5 Å². The second kappa shape index (κ2) is 9.24. The number of nitrogens with zero attached hydrogens (tertiary/aromatic N) is 4. The second-order valence-electron chi connectivity index (χ2n) is 9.27. The highest BCUT2D eigenvalue weighted by Crippen LogP contribution is 2.41. The summed E-state index contributed by atoms with van der Waals surface area (Å²) in [6, 6.07) is 7.30. The molecule has 2 aromatic carbocycles. The van der Waals surface area contributed by atoms with Gasteiger partial charge in [0.15, 0.2) is 0 Å². The van der Waals surface area contributed by atoms with E-state index in [1.54, 1.807) is 57.2 Å². The van der Waals surface area contributed by atoms with E-state index in [2.05, 4.69) is 25.7 Å². The van der Waals surface area contributed by atoms with E-state index in [1.165, 1.54) is 13.0 Å². The van der Waals surface area contributed by atoms with Crippen molar-refractivity contribution in [1.29, 1.82) is 0 Å². The van der Waals surface area contributed by atoms with Crippen LogP contribution in [0.5, 0.6) is 0 Å². The number of halogens is 3. The molecule has 0 amide bonds. The van der Waals surface area contributed by atoms with E-state index in [-0.39, 0.29) is 5.56 Å². The van der Waals surface area contributed by atoms with Gasteiger partial charge in [0.1, 0.15) is 18.8 Å². The van der Waals surface area contributed by atoms with E-state index in [0.717, 1.165) is 11.8 Å². The van der Waals surface area contributed by atoms with Gasteiger partial charge >= 0.3 is 6.18 Å². The highest BCUT2D eigenvalue weighted by molar-refractivity contribution is 7.70. The number of hydrogen-bond acceptors (Lipinski definition) is 6. The summed E-state index contributed by atoms with van der Waals surface area (Å²) in [6.07, 6.45) is -0.961. The molecule has 0 saturated heterocycles. The molecule has 0 radical (unpaired) electrons. The normalized spacial score (nSPS) is 13.1. The summed E-state index contributed by atoms with van der Waals surface area (Å²) in [5.41, 5.74) is 2.01. The van der Waals surface area contributed by atoms with Gasteiger partial charge in [-0.1, -0.05) is 12.1 Å². The third kappa shape index (κ3) is 5.23. The number of fused-ring (bicyclic) bond motifs is 1. The molecule has 4 rings (SSSR count). The predicted molar refractivity (Wildman–Crippen MR) is 138 cm³/mol. The molecule has 0 spiro atoms. The Morgan fingerprint density at radius 3 is 2.44 bits per heavy atom. The molecule has 0 bridgehead atoms. The van der Waals surface area contributed by atoms with Crippen LogP contribution in [0.1, 0.15) is 35.5 Å². The van der Waals surface area contributed by atoms with Crippen molar-refractivity contribution in [2.45, 2.75) is 33.0 Å². The summed E-state index contributed by atoms with van der Waals surface area (Å²) in [5.74, 6) is 0.957. The van der Waals surface area contributed by atoms with Gasteiger partial charge in [-0.2, -0.15) is 18.3 Å². The highest BCUT2D eigenvalue weighted by atomic mass is 31.2. The Labute approximate surface area is 207 Å². The van der Waals surface area contributed by atoms with E-state index < -0.39 is 24.9 Å². The van der Waals surface area contributed by atoms with Crippen LogP contribution in [0, 0.1) is 13.8 Å². The first-order valence-electron chi connectivity index (χ1n) is 11.3. The first-order chi connectivity index (χ1) is 16.7. The minimum absolute atomic E-state index is 0.162. The lowest BCUT2D eigenvalue weighted by Crippen LogP contribution is -2.15. The quantitative estimate of drug-likeness (QED) is 0.299. The Kier molecular flexibility index (Phi) is 6.60. The molecule has 0 saturated carbocycles. The van der Waals surface area contributed by atoms with E-state index in [9.17, 15) is 17.7 Å². The Morgan fingerprint density at radius 2 is 1.83 bits per heavy atom. The molecule has 0 fully saturated rings. The van der Waals surface area contributed by atoms with E-state index in [4.69, 9.17) is 0 Å². The van der Waals surface area contributed by atoms with Gasteiger partial charge in [0, 0.05) is 23.9 Å². The fourth-order valence-electron chi connectivity index (χ4n) is 4.29. The second-order valence-corrected chi connectivity index (χ2v) is 12.5. The van der Waals surface area contributed by atoms with Gasteiger partial charge in [0.05, 0.1) is 34.7 Å². The predicted octanol–water partition coefficient (Wildman–Crippen LogP) is 6.16. The zero-order valence-corrected chi connectivity index (χ0v) is 21.8. The number of aromatic nitrogens is 4. The molecule has 11 heteroatoms. The van der Waals surface area contributed by atoms with Gasteiger partial charge in [-0.3, -0.25) is 4.68 Å². The Bertz CT molecular complexity index is 1490. The minimum Gasteiger partial charge on any atom is -0.363 e. The monoisotopic (exact) mass is 516 g/mol. The molecule has 0 aliphatic heterocycles. The maximum absolute atomic E-state index is 13.5. The van der Waals surface area contributed by atoms with Crippen LogP contribution in [-0.2, 0) is 17.8 Å². The number of rotatable bonds is 6. The van der Waals surface area contributed by atoms with Gasteiger partial charge in [0.25, 0.3) is 0 Å². The maximum Gasteiger partial charge on any atom is 0.416 e. The molecular formula is C25H28F3N6OP. The van der Waals surface area contributed by atoms with E-state index in [0.29, 0.717) is 39.1 Å². The number of nitrogens with one attached hydrogen (secondary N) is 2. The largest absolute Gasteiger partial charge is 0.416 e. The summed E-state index contributed by atoms with van der Waals surface area (Å²) in [4.78, 5) is 9.10. The summed E-state index contributed by atoms with van der Waals surface area (Å²) in [6.45, 7) is 8.37. The minimum atomic E-state index is -4.44. The van der Waals surface area contributed by atoms with Gasteiger partial charge in [-0.25, -0.2) is 9.97 Å². The third-order valence-corrected chi connectivity index (χ3v) is 7.52. The highest BCUT2D eigenvalue weighted by Gasteiger charge is 2.33. The van der Waals surface area contributed by atoms with Crippen molar-refractivity contribution in [3.05, 3.63) is 65.2 Å². The standard InChI is InChI=1S/C25H28F3N6OP/c1-14-18(8-7-9-20(14)25(26,27)28)15(2)30-24-19-10-23(36(5,6)35)22(11-21(19)31-16(3)32-24)33-17-12-29-34(4)13-17/h7-13,15,33H,1-6H3,(H,30,31,32)/t15-/m1/s1. The fraction of sp³-hybridized carbons (Fsp3) is 0.320. The van der Waals surface area contributed by atoms with Crippen LogP contribution in [0.25, 0.3) is 10.9 Å². The van der Waals surface area contributed by atoms with Crippen molar-refractivity contribution in [2.75, 3.05) is 24.0 Å². The summed E-state index contributed by atoms with van der Waals surface area (Å²) < 4.78 is 55.3. The Balaban J connectivity index is 1.80. The van der Waals surface area contributed by atoms with Gasteiger partial charge in [0.2, 0.25) is 0 Å². The van der Waals surface area contributed by atoms with Crippen LogP contribution in [0.15, 0.2) is 42.7 Å². The average Bonchev–Trinajstić information content (AvgIpc) is 3.16. The van der Waals surface area contributed by atoms with Crippen molar-refractivity contribution in [1.82, 2.24) is 19.7 Å². The summed E-state index contributed by atoms with van der Waals surface area (Å²) in [7, 11) is -0.941. The lowest BCUT2D eigenvalue weighted by molar-refractivity contribution is -0.138. The SMILES string of the molecule is Cc1nc(N[C@H](C)c2cccc(C(F)(F)F)c2C)c2cc(P(C)(C)=O)c(Nc3cnn(C)c3)cc2n1. The number of anilines is 3. The average molecular weight is 517 g/mol. The van der Waals surface area contributed by atoms with Crippen LogP contribution < -0.4 is 15.9 Å². The molecule has 36 heavy (non-hydrogen) atoms. The molecule has 0 aliphatic carbocycles. The van der Waals surface area contributed by atoms with Crippen LogP contribution >= 0.6 is 7.14 Å². The third-order valence-electron chi connectivity index (χ3n) is 5.99. The van der Waals surface area contributed by atoms with Crippen LogP contribution in [0.3, 0.4) is 0 Å². The Hall–Kier alpha value is -3.39. The lowest BCUT2D eigenvalue weighted by atomic mass is 9.97. The molecular weight excluding hydrogens is 488 g/mol. The maximum atomic E-state index is 13.5. The Morgan fingerprint density at radius 1 is 1.11 bits per heavy atom. The summed E-state index contributed by atoms with van der Waals surface area (Å²) in [5, 5.41) is 12.0. The van der Waals surface area contributed by atoms with Gasteiger partial charge < -0.3 is 15.2 Å². The van der Waals surface area contributed by atoms with Crippen molar-refractivity contribution in [3.63, 3.8) is 0 Å². The number of benzene rings is 2. The van der Waals surface area contributed by atoms with Crippen molar-refractivity contribution in [2.24, 2.45) is 7.05 Å². The number of aryl methyl sites for hydroxylation is 2. The zero-order chi connectivity index (χ0) is 26.4. The lowest BCUT2D eigenvalue weighted by Gasteiger charge is -2.22. The molecule has 2 heterocycles. The van der Waals surface area contributed by atoms with Crippen LogP contribution in [-0.4, -0.2) is 33.1 Å². The molecule has 0 aliphatic rings. The van der Waals surface area contributed by atoms with Gasteiger partial charge in [-0.05, 0) is 63.4 Å². The van der Waals surface area contributed by atoms with Crippen LogP contribution in [0.2, 0.25) is 0 Å². The number of alkyl halides is 3. The molecule has 7 nitrogen and oxygen atoms in total. The fourth-order valence-corrected chi connectivity index (χ4v) is 5.43. The van der Waals surface area contributed by atoms with Crippen molar-refractivity contribution < 1.29 is 17.7 Å². The van der Waals surface area contributed by atoms with Crippen LogP contribution in [0.4, 0.5) is 30.4 Å². The topological polar surface area (TPSA) is 84.7 Å². The molecule has 0 unspecified atom stereocenters. The first-order valence-corrected chi connectivity index (χ1v) is 13.9. The first kappa shape index (κ1) is 25.7.